The molecule has 0 aliphatic carbocycles. The van der Waals surface area contributed by atoms with Crippen molar-refractivity contribution in [3.05, 3.63) is 62.3 Å². The Balaban J connectivity index is 1.63. The fraction of sp³-hybridized carbons (Fsp3) is 0.333. The molecule has 2 aromatic carbocycles. The van der Waals surface area contributed by atoms with Gasteiger partial charge in [-0.05, 0) is 24.6 Å². The van der Waals surface area contributed by atoms with E-state index in [0.29, 0.717) is 40.8 Å². The Morgan fingerprint density at radius 3 is 2.41 bits per heavy atom. The second-order valence-electron chi connectivity index (χ2n) is 10.3. The van der Waals surface area contributed by atoms with E-state index in [-0.39, 0.29) is 34.1 Å². The molecule has 0 radical (unpaired) electrons. The molecule has 0 unspecified atom stereocenters. The highest BCUT2D eigenvalue weighted by molar-refractivity contribution is 7.14. The summed E-state index contributed by atoms with van der Waals surface area (Å²) in [5.41, 5.74) is 0.234. The summed E-state index contributed by atoms with van der Waals surface area (Å²) in [7, 11) is 0. The van der Waals surface area contributed by atoms with E-state index in [1.807, 2.05) is 6.92 Å². The van der Waals surface area contributed by atoms with Crippen LogP contribution in [0.15, 0.2) is 29.6 Å². The van der Waals surface area contributed by atoms with Crippen molar-refractivity contribution in [1.82, 2.24) is 19.9 Å². The summed E-state index contributed by atoms with van der Waals surface area (Å²) >= 11 is 13.9. The number of halogens is 5. The zero-order valence-electron chi connectivity index (χ0n) is 22.8. The van der Waals surface area contributed by atoms with Gasteiger partial charge in [-0.1, -0.05) is 50.0 Å². The van der Waals surface area contributed by atoms with Crippen molar-refractivity contribution in [2.45, 2.75) is 53.6 Å². The molecule has 0 aliphatic rings. The smallest absolute Gasteiger partial charge is 0.287 e. The Hall–Kier alpha value is -3.35. The summed E-state index contributed by atoms with van der Waals surface area (Å²) in [5, 5.41) is 9.92. The summed E-state index contributed by atoms with van der Waals surface area (Å²) in [6, 6.07) is 5.77. The van der Waals surface area contributed by atoms with E-state index in [1.54, 1.807) is 37.5 Å². The number of imidazole rings is 1. The number of anilines is 3. The maximum absolute atomic E-state index is 15.1. The first-order chi connectivity index (χ1) is 19.1. The number of alkyl halides is 2. The number of amides is 2. The number of nitrogens with zero attached hydrogens (tertiary/aromatic N) is 3. The van der Waals surface area contributed by atoms with Crippen molar-refractivity contribution in [2.24, 2.45) is 5.41 Å². The van der Waals surface area contributed by atoms with E-state index < -0.39 is 28.8 Å². The average Bonchev–Trinajstić information content (AvgIpc) is 3.48. The van der Waals surface area contributed by atoms with E-state index in [1.165, 1.54) is 12.1 Å². The number of aromatic nitrogens is 3. The molecule has 0 saturated heterocycles. The van der Waals surface area contributed by atoms with Crippen LogP contribution in [0, 0.1) is 11.2 Å². The van der Waals surface area contributed by atoms with E-state index in [2.05, 4.69) is 25.9 Å². The van der Waals surface area contributed by atoms with Crippen LogP contribution in [-0.2, 0) is 23.8 Å². The van der Waals surface area contributed by atoms with Crippen LogP contribution in [0.25, 0.3) is 11.0 Å². The highest BCUT2D eigenvalue weighted by Gasteiger charge is 2.28. The molecule has 218 valence electrons. The normalized spacial score (nSPS) is 12.0. The van der Waals surface area contributed by atoms with Gasteiger partial charge < -0.3 is 15.2 Å². The van der Waals surface area contributed by atoms with E-state index in [9.17, 15) is 18.4 Å². The number of aryl methyl sites for hydroxylation is 1. The minimum absolute atomic E-state index is 0.0877. The predicted octanol–water partition coefficient (Wildman–Crippen LogP) is 7.73. The zero-order chi connectivity index (χ0) is 30.3. The molecule has 8 nitrogen and oxygen atoms in total. The summed E-state index contributed by atoms with van der Waals surface area (Å²) in [6.07, 6.45) is 0. The Morgan fingerprint density at radius 1 is 1.10 bits per heavy atom. The van der Waals surface area contributed by atoms with Crippen molar-refractivity contribution >= 4 is 74.2 Å². The van der Waals surface area contributed by atoms with Crippen LogP contribution in [-0.4, -0.2) is 26.3 Å². The number of benzene rings is 2. The summed E-state index contributed by atoms with van der Waals surface area (Å²) in [4.78, 5) is 33.4. The van der Waals surface area contributed by atoms with Gasteiger partial charge in [-0.3, -0.25) is 14.9 Å². The lowest BCUT2D eigenvalue weighted by atomic mass is 9.95. The first-order valence-electron chi connectivity index (χ1n) is 12.5. The molecule has 2 heterocycles. The number of hydrogen-bond donors (Lipinski definition) is 3. The number of thiazole rings is 1. The van der Waals surface area contributed by atoms with Gasteiger partial charge in [0.05, 0.1) is 32.3 Å². The Bertz CT molecular complexity index is 1640. The van der Waals surface area contributed by atoms with Gasteiger partial charge in [-0.25, -0.2) is 14.4 Å². The maximum atomic E-state index is 15.1. The number of hydrogen-bond acceptors (Lipinski definition) is 6. The molecule has 0 saturated carbocycles. The third-order valence-corrected chi connectivity index (χ3v) is 7.61. The van der Waals surface area contributed by atoms with Gasteiger partial charge in [-0.15, -0.1) is 11.3 Å². The molecule has 41 heavy (non-hydrogen) atoms. The van der Waals surface area contributed by atoms with Crippen molar-refractivity contribution in [1.29, 1.82) is 0 Å². The number of rotatable bonds is 8. The summed E-state index contributed by atoms with van der Waals surface area (Å²) in [6.45, 7) is 8.48. The molecular weight excluding hydrogens is 600 g/mol. The Labute approximate surface area is 248 Å². The average molecular weight is 628 g/mol. The lowest BCUT2D eigenvalue weighted by molar-refractivity contribution is -0.128. The molecule has 0 fully saturated rings. The number of nitrogens with one attached hydrogen (secondary N) is 3. The van der Waals surface area contributed by atoms with Crippen molar-refractivity contribution in [2.75, 3.05) is 10.6 Å². The predicted molar refractivity (Wildman–Crippen MR) is 156 cm³/mol. The van der Waals surface area contributed by atoms with Gasteiger partial charge in [0, 0.05) is 36.9 Å². The van der Waals surface area contributed by atoms with Crippen LogP contribution in [0.4, 0.5) is 29.9 Å². The second-order valence-corrected chi connectivity index (χ2v) is 12.0. The Morgan fingerprint density at radius 2 is 1.80 bits per heavy atom. The molecule has 4 rings (SSSR count). The van der Waals surface area contributed by atoms with Gasteiger partial charge >= 0.3 is 0 Å². The van der Waals surface area contributed by atoms with Crippen molar-refractivity contribution in [3.8, 4) is 0 Å². The van der Waals surface area contributed by atoms with Gasteiger partial charge in [0.1, 0.15) is 11.5 Å². The molecule has 3 N–H and O–H groups in total. The molecule has 4 aromatic rings. The van der Waals surface area contributed by atoms with Crippen LogP contribution in [0.3, 0.4) is 0 Å². The van der Waals surface area contributed by atoms with Crippen molar-refractivity contribution in [3.63, 3.8) is 0 Å². The molecule has 0 aliphatic heterocycles. The lowest BCUT2D eigenvalue weighted by Crippen LogP contribution is -2.34. The van der Waals surface area contributed by atoms with Gasteiger partial charge in [0.15, 0.2) is 5.13 Å². The van der Waals surface area contributed by atoms with Gasteiger partial charge in [-0.2, -0.15) is 8.78 Å². The lowest BCUT2D eigenvalue weighted by Gasteiger charge is -2.19. The van der Waals surface area contributed by atoms with Gasteiger partial charge in [0.2, 0.25) is 11.9 Å². The summed E-state index contributed by atoms with van der Waals surface area (Å²) in [5.74, 6) is -4.73. The van der Waals surface area contributed by atoms with E-state index in [4.69, 9.17) is 23.2 Å². The molecule has 14 heteroatoms. The Kier molecular flexibility index (Phi) is 8.58. The minimum Gasteiger partial charge on any atom is -0.352 e. The standard InChI is InChI=1S/C27H27Cl2F3N6O2S/c1-6-38-18-10-16(30)14(22(39)37-25-35-19(12-41-25)27(5,31)32)9-17(18)34-24(38)36-21-15(28)8-7-13(20(21)29)11-33-23(40)26(2,3)4/h7-10,12H,6,11H2,1-5H3,(H,33,40)(H,34,36)(H,35,37,39). The number of carbonyl (C=O) groups is 2. The third-order valence-electron chi connectivity index (χ3n) is 6.10. The number of fused-ring (bicyclic) bond motifs is 1. The monoisotopic (exact) mass is 626 g/mol. The van der Waals surface area contributed by atoms with Crippen LogP contribution < -0.4 is 16.0 Å². The van der Waals surface area contributed by atoms with E-state index in [0.717, 1.165) is 16.7 Å². The van der Waals surface area contributed by atoms with Crippen LogP contribution in [0.5, 0.6) is 0 Å². The van der Waals surface area contributed by atoms with Gasteiger partial charge in [0.25, 0.3) is 11.8 Å². The third kappa shape index (κ3) is 6.60. The quantitative estimate of drug-likeness (QED) is 0.186. The minimum atomic E-state index is -3.17. The SMILES string of the molecule is CCn1c(Nc2c(Cl)ccc(CNC(=O)C(C)(C)C)c2Cl)nc2cc(C(=O)Nc3nc(C(C)(F)F)cs3)c(F)cc21. The summed E-state index contributed by atoms with van der Waals surface area (Å²) < 4.78 is 43.8. The fourth-order valence-corrected chi connectivity index (χ4v) is 5.15. The fourth-order valence-electron chi connectivity index (χ4n) is 3.83. The van der Waals surface area contributed by atoms with Crippen LogP contribution in [0.1, 0.15) is 56.2 Å². The van der Waals surface area contributed by atoms with E-state index >= 15 is 4.39 Å². The molecule has 2 amide bonds. The topological polar surface area (TPSA) is 101 Å². The molecule has 0 spiro atoms. The maximum Gasteiger partial charge on any atom is 0.287 e. The highest BCUT2D eigenvalue weighted by atomic mass is 35.5. The number of carbonyl (C=O) groups excluding carboxylic acids is 2. The van der Waals surface area contributed by atoms with Crippen molar-refractivity contribution < 1.29 is 22.8 Å². The molecule has 0 bridgehead atoms. The highest BCUT2D eigenvalue weighted by Crippen LogP contribution is 2.37. The second kappa shape index (κ2) is 11.5. The van der Waals surface area contributed by atoms with Crippen LogP contribution in [0.2, 0.25) is 10.0 Å². The first kappa shape index (κ1) is 30.6. The largest absolute Gasteiger partial charge is 0.352 e. The molecular formula is C27H27Cl2F3N6O2S. The first-order valence-corrected chi connectivity index (χ1v) is 14.1. The molecule has 0 atom stereocenters. The zero-order valence-corrected chi connectivity index (χ0v) is 25.1. The molecule has 2 aromatic heterocycles. The van der Waals surface area contributed by atoms with Crippen LogP contribution >= 0.6 is 34.5 Å².